The lowest BCUT2D eigenvalue weighted by molar-refractivity contribution is -0.138. The van der Waals surface area contributed by atoms with Crippen molar-refractivity contribution >= 4 is 5.91 Å². The van der Waals surface area contributed by atoms with E-state index in [2.05, 4.69) is 32.7 Å². The van der Waals surface area contributed by atoms with E-state index < -0.39 is 0 Å². The maximum absolute atomic E-state index is 12.4. The Morgan fingerprint density at radius 1 is 1.50 bits per heavy atom. The Balaban J connectivity index is 2.69. The van der Waals surface area contributed by atoms with Gasteiger partial charge in [-0.2, -0.15) is 0 Å². The quantitative estimate of drug-likeness (QED) is 0.743. The maximum Gasteiger partial charge on any atom is 0.240 e. The van der Waals surface area contributed by atoms with E-state index in [-0.39, 0.29) is 17.5 Å². The first-order valence-corrected chi connectivity index (χ1v) is 6.12. The zero-order chi connectivity index (χ0) is 12.2. The molecule has 0 spiro atoms. The molecular formula is C13H24N2O. The molecule has 1 amide bonds. The third-order valence-electron chi connectivity index (χ3n) is 3.00. The van der Waals surface area contributed by atoms with Crippen molar-refractivity contribution in [1.29, 1.82) is 0 Å². The Kier molecular flexibility index (Phi) is 4.54. The van der Waals surface area contributed by atoms with Gasteiger partial charge in [0.15, 0.2) is 0 Å². The number of rotatable bonds is 3. The number of nitrogens with zero attached hydrogens (tertiary/aromatic N) is 1. The first-order chi connectivity index (χ1) is 7.46. The molecule has 1 N–H and O–H groups in total. The fourth-order valence-corrected chi connectivity index (χ4v) is 2.07. The minimum Gasteiger partial charge on any atom is -0.333 e. The van der Waals surface area contributed by atoms with Gasteiger partial charge in [0.1, 0.15) is 0 Å². The standard InChI is InChI=1S/C13H24N2O/c1-5-10-15(13(2,3)4)12(16)11-8-6-7-9-14-11/h5,11,14H,1,6-10H2,2-4H3. The van der Waals surface area contributed by atoms with Crippen LogP contribution in [0.15, 0.2) is 12.7 Å². The van der Waals surface area contributed by atoms with Crippen molar-refractivity contribution in [3.05, 3.63) is 12.7 Å². The average Bonchev–Trinajstić information content (AvgIpc) is 2.25. The minimum absolute atomic E-state index is 0.00734. The third kappa shape index (κ3) is 3.34. The first-order valence-electron chi connectivity index (χ1n) is 6.12. The van der Waals surface area contributed by atoms with Crippen LogP contribution in [0.1, 0.15) is 40.0 Å². The summed E-state index contributed by atoms with van der Waals surface area (Å²) >= 11 is 0. The van der Waals surface area contributed by atoms with Gasteiger partial charge < -0.3 is 10.2 Å². The zero-order valence-electron chi connectivity index (χ0n) is 10.8. The van der Waals surface area contributed by atoms with Crippen LogP contribution in [0.3, 0.4) is 0 Å². The van der Waals surface area contributed by atoms with Gasteiger partial charge in [0.05, 0.1) is 6.04 Å². The van der Waals surface area contributed by atoms with E-state index in [1.807, 2.05) is 4.90 Å². The van der Waals surface area contributed by atoms with Crippen LogP contribution in [-0.4, -0.2) is 35.5 Å². The second-order valence-electron chi connectivity index (χ2n) is 5.41. The van der Waals surface area contributed by atoms with Crippen molar-refractivity contribution in [3.63, 3.8) is 0 Å². The van der Waals surface area contributed by atoms with Crippen LogP contribution in [0.5, 0.6) is 0 Å². The van der Waals surface area contributed by atoms with E-state index in [4.69, 9.17) is 0 Å². The van der Waals surface area contributed by atoms with Crippen molar-refractivity contribution in [3.8, 4) is 0 Å². The summed E-state index contributed by atoms with van der Waals surface area (Å²) in [6.45, 7) is 11.5. The summed E-state index contributed by atoms with van der Waals surface area (Å²) < 4.78 is 0. The summed E-state index contributed by atoms with van der Waals surface area (Å²) in [5.41, 5.74) is -0.135. The van der Waals surface area contributed by atoms with Crippen LogP contribution in [0.4, 0.5) is 0 Å². The smallest absolute Gasteiger partial charge is 0.240 e. The second kappa shape index (κ2) is 5.48. The molecular weight excluding hydrogens is 200 g/mol. The molecule has 0 aromatic carbocycles. The zero-order valence-corrected chi connectivity index (χ0v) is 10.8. The molecule has 3 nitrogen and oxygen atoms in total. The highest BCUT2D eigenvalue weighted by molar-refractivity contribution is 5.82. The molecule has 0 aromatic rings. The number of hydrogen-bond acceptors (Lipinski definition) is 2. The van der Waals surface area contributed by atoms with Crippen LogP contribution < -0.4 is 5.32 Å². The number of carbonyl (C=O) groups excluding carboxylic acids is 1. The van der Waals surface area contributed by atoms with Crippen LogP contribution in [-0.2, 0) is 4.79 Å². The fraction of sp³-hybridized carbons (Fsp3) is 0.769. The monoisotopic (exact) mass is 224 g/mol. The molecule has 1 fully saturated rings. The summed E-state index contributed by atoms with van der Waals surface area (Å²) in [7, 11) is 0. The van der Waals surface area contributed by atoms with E-state index in [1.54, 1.807) is 6.08 Å². The van der Waals surface area contributed by atoms with Crippen LogP contribution in [0.25, 0.3) is 0 Å². The largest absolute Gasteiger partial charge is 0.333 e. The first kappa shape index (κ1) is 13.2. The molecule has 0 saturated carbocycles. The number of hydrogen-bond donors (Lipinski definition) is 1. The van der Waals surface area contributed by atoms with Crippen molar-refractivity contribution in [2.45, 2.75) is 51.6 Å². The molecule has 0 aromatic heterocycles. The van der Waals surface area contributed by atoms with Crippen molar-refractivity contribution in [1.82, 2.24) is 10.2 Å². The number of piperidine rings is 1. The van der Waals surface area contributed by atoms with E-state index in [0.29, 0.717) is 6.54 Å². The summed E-state index contributed by atoms with van der Waals surface area (Å²) in [6, 6.07) is 0.00734. The predicted molar refractivity (Wildman–Crippen MR) is 67.3 cm³/mol. The fourth-order valence-electron chi connectivity index (χ4n) is 2.07. The van der Waals surface area contributed by atoms with E-state index in [9.17, 15) is 4.79 Å². The molecule has 1 atom stereocenters. The van der Waals surface area contributed by atoms with Gasteiger partial charge in [-0.3, -0.25) is 4.79 Å². The van der Waals surface area contributed by atoms with Crippen LogP contribution in [0, 0.1) is 0 Å². The summed E-state index contributed by atoms with van der Waals surface area (Å²) in [5.74, 6) is 0.215. The highest BCUT2D eigenvalue weighted by Crippen LogP contribution is 2.17. The number of amides is 1. The van der Waals surface area contributed by atoms with Gasteiger partial charge in [0.2, 0.25) is 5.91 Å². The molecule has 1 unspecified atom stereocenters. The van der Waals surface area contributed by atoms with Gasteiger partial charge in [-0.05, 0) is 40.2 Å². The molecule has 0 bridgehead atoms. The van der Waals surface area contributed by atoms with Crippen LogP contribution >= 0.6 is 0 Å². The Morgan fingerprint density at radius 3 is 2.62 bits per heavy atom. The lowest BCUT2D eigenvalue weighted by atomic mass is 9.99. The molecule has 1 heterocycles. The molecule has 92 valence electrons. The van der Waals surface area contributed by atoms with E-state index >= 15 is 0 Å². The third-order valence-corrected chi connectivity index (χ3v) is 3.00. The normalized spacial score (nSPS) is 21.6. The molecule has 1 aliphatic rings. The second-order valence-corrected chi connectivity index (χ2v) is 5.41. The van der Waals surface area contributed by atoms with E-state index in [0.717, 1.165) is 19.4 Å². The molecule has 0 radical (unpaired) electrons. The lowest BCUT2D eigenvalue weighted by Crippen LogP contribution is -2.54. The Bertz CT molecular complexity index is 249. The van der Waals surface area contributed by atoms with Gasteiger partial charge in [-0.25, -0.2) is 0 Å². The van der Waals surface area contributed by atoms with Gasteiger partial charge in [-0.15, -0.1) is 6.58 Å². The number of carbonyl (C=O) groups is 1. The van der Waals surface area contributed by atoms with Crippen LogP contribution in [0.2, 0.25) is 0 Å². The summed E-state index contributed by atoms with van der Waals surface area (Å²) in [5, 5.41) is 3.30. The highest BCUT2D eigenvalue weighted by atomic mass is 16.2. The van der Waals surface area contributed by atoms with Gasteiger partial charge in [0.25, 0.3) is 0 Å². The van der Waals surface area contributed by atoms with Crippen molar-refractivity contribution < 1.29 is 4.79 Å². The highest BCUT2D eigenvalue weighted by Gasteiger charge is 2.31. The Labute approximate surface area is 98.9 Å². The van der Waals surface area contributed by atoms with Crippen molar-refractivity contribution in [2.24, 2.45) is 0 Å². The van der Waals surface area contributed by atoms with Gasteiger partial charge >= 0.3 is 0 Å². The summed E-state index contributed by atoms with van der Waals surface area (Å²) in [4.78, 5) is 14.3. The molecule has 1 rings (SSSR count). The minimum atomic E-state index is -0.135. The average molecular weight is 224 g/mol. The van der Waals surface area contributed by atoms with E-state index in [1.165, 1.54) is 6.42 Å². The van der Waals surface area contributed by atoms with Gasteiger partial charge in [0, 0.05) is 12.1 Å². The molecule has 3 heteroatoms. The predicted octanol–water partition coefficient (Wildman–Crippen LogP) is 1.94. The van der Waals surface area contributed by atoms with Crippen molar-refractivity contribution in [2.75, 3.05) is 13.1 Å². The topological polar surface area (TPSA) is 32.3 Å². The SMILES string of the molecule is C=CCN(C(=O)C1CCCCN1)C(C)(C)C. The molecule has 1 saturated heterocycles. The maximum atomic E-state index is 12.4. The number of nitrogens with one attached hydrogen (secondary N) is 1. The Hall–Kier alpha value is -0.830. The molecule has 1 aliphatic heterocycles. The summed E-state index contributed by atoms with van der Waals surface area (Å²) in [6.07, 6.45) is 5.09. The molecule has 16 heavy (non-hydrogen) atoms. The Morgan fingerprint density at radius 2 is 2.19 bits per heavy atom. The lowest BCUT2D eigenvalue weighted by Gasteiger charge is -2.38. The molecule has 0 aliphatic carbocycles. The van der Waals surface area contributed by atoms with Gasteiger partial charge in [-0.1, -0.05) is 12.5 Å².